The van der Waals surface area contributed by atoms with Gasteiger partial charge in [-0.05, 0) is 95.5 Å². The molecule has 0 aromatic carbocycles. The lowest BCUT2D eigenvalue weighted by Crippen LogP contribution is -2.64. The van der Waals surface area contributed by atoms with E-state index < -0.39 is 77.9 Å². The van der Waals surface area contributed by atoms with Gasteiger partial charge in [-0.1, -0.05) is 45.4 Å². The Morgan fingerprint density at radius 3 is 2.26 bits per heavy atom. The first kappa shape index (κ1) is 49.6. The second kappa shape index (κ2) is 22.7. The molecule has 58 heavy (non-hydrogen) atoms. The summed E-state index contributed by atoms with van der Waals surface area (Å²) in [5.74, 6) is -7.41. The molecule has 13 nitrogen and oxygen atoms in total. The van der Waals surface area contributed by atoms with Crippen molar-refractivity contribution in [1.82, 2.24) is 4.90 Å². The normalized spacial score (nSPS) is 31.3. The van der Waals surface area contributed by atoms with Crippen LogP contribution >= 0.6 is 0 Å². The molecule has 2 saturated heterocycles. The predicted octanol–water partition coefficient (Wildman–Crippen LogP) is 5.28. The molecular weight excluding hydrogens is 746 g/mol. The molecule has 1 amide bonds. The average molecular weight is 820 g/mol. The van der Waals surface area contributed by atoms with Gasteiger partial charge in [0.25, 0.3) is 11.7 Å². The highest BCUT2D eigenvalue weighted by atomic mass is 16.7. The van der Waals surface area contributed by atoms with Crippen molar-refractivity contribution in [2.45, 2.75) is 167 Å². The van der Waals surface area contributed by atoms with E-state index in [9.17, 15) is 34.5 Å². The third-order valence-electron chi connectivity index (χ3n) is 12.7. The topological polar surface area (TPSA) is 178 Å². The number of piperidine rings is 1. The number of likely N-dealkylation sites (tertiary alicyclic amines) is 1. The van der Waals surface area contributed by atoms with Crippen LogP contribution < -0.4 is 0 Å². The number of carbonyl (C=O) groups is 4. The highest BCUT2D eigenvalue weighted by Crippen LogP contribution is 2.39. The quantitative estimate of drug-likeness (QED) is 0.0778. The van der Waals surface area contributed by atoms with E-state index in [0.717, 1.165) is 12.0 Å². The van der Waals surface area contributed by atoms with E-state index >= 15 is 0 Å². The first-order valence-corrected chi connectivity index (χ1v) is 21.2. The molecule has 0 aromatic heterocycles. The van der Waals surface area contributed by atoms with Crippen molar-refractivity contribution in [3.63, 3.8) is 0 Å². The molecule has 14 atom stereocenters. The van der Waals surface area contributed by atoms with Gasteiger partial charge in [0.2, 0.25) is 5.79 Å². The van der Waals surface area contributed by atoms with Gasteiger partial charge in [-0.15, -0.1) is 13.2 Å². The standard InChI is InChI=1S/C45H73NO12/c1-12-15-28(5)35(48)25-36(49)31(8)40(29(6)22-32-17-18-34(47)37(24-32)54-9)57-44(52)33-16-13-14-19-46(33)43(51)42(50)45(53)30(7)23-39(56-11)41(58-45)38(55-10)21-27(4)20-26(2)3/h12,22,27-28,30-34,36-41,47,49,53H,1-2,13-21,23-25H2,3-11H3/b29-22+/t27-,28-,30+,31+,32-,33-,34+,36-,37+,38-,39-,40+,41+,45+/m0/s1. The van der Waals surface area contributed by atoms with Gasteiger partial charge in [0.15, 0.2) is 0 Å². The molecule has 1 aliphatic carbocycles. The van der Waals surface area contributed by atoms with E-state index in [-0.39, 0.29) is 55.4 Å². The molecule has 3 N–H and O–H groups in total. The lowest BCUT2D eigenvalue weighted by atomic mass is 9.82. The van der Waals surface area contributed by atoms with Crippen LogP contribution in [0.15, 0.2) is 36.5 Å². The Morgan fingerprint density at radius 1 is 0.983 bits per heavy atom. The van der Waals surface area contributed by atoms with Gasteiger partial charge in [0, 0.05) is 52.0 Å². The minimum Gasteiger partial charge on any atom is -0.456 e. The number of ketones is 2. The van der Waals surface area contributed by atoms with E-state index in [2.05, 4.69) is 20.1 Å². The number of amides is 1. The van der Waals surface area contributed by atoms with Gasteiger partial charge in [0.05, 0.1) is 30.5 Å². The van der Waals surface area contributed by atoms with E-state index in [1.165, 1.54) is 19.1 Å². The Labute approximate surface area is 346 Å². The number of Topliss-reactive ketones (excluding diaryl/α,β-unsaturated/α-hetero) is 2. The van der Waals surface area contributed by atoms with Crippen LogP contribution in [0.5, 0.6) is 0 Å². The maximum absolute atomic E-state index is 14.3. The van der Waals surface area contributed by atoms with Crippen LogP contribution in [0.3, 0.4) is 0 Å². The second-order valence-corrected chi connectivity index (χ2v) is 17.5. The number of methoxy groups -OCH3 is 3. The number of esters is 1. The summed E-state index contributed by atoms with van der Waals surface area (Å²) in [5.41, 5.74) is 1.66. The largest absolute Gasteiger partial charge is 0.456 e. The fourth-order valence-electron chi connectivity index (χ4n) is 9.02. The maximum atomic E-state index is 14.3. The number of ether oxygens (including phenoxy) is 5. The van der Waals surface area contributed by atoms with Crippen molar-refractivity contribution in [2.24, 2.45) is 29.6 Å². The van der Waals surface area contributed by atoms with Gasteiger partial charge >= 0.3 is 5.97 Å². The van der Waals surface area contributed by atoms with Crippen molar-refractivity contribution in [2.75, 3.05) is 27.9 Å². The van der Waals surface area contributed by atoms with Crippen molar-refractivity contribution in [3.8, 4) is 0 Å². The number of hydrogen-bond acceptors (Lipinski definition) is 12. The molecule has 3 rings (SSSR count). The number of aliphatic hydroxyl groups excluding tert-OH is 2. The van der Waals surface area contributed by atoms with Gasteiger partial charge < -0.3 is 43.9 Å². The smallest absolute Gasteiger partial charge is 0.329 e. The number of nitrogens with zero attached hydrogens (tertiary/aromatic N) is 1. The first-order valence-electron chi connectivity index (χ1n) is 21.2. The van der Waals surface area contributed by atoms with Gasteiger partial charge in [0.1, 0.15) is 24.0 Å². The zero-order chi connectivity index (χ0) is 43.5. The monoisotopic (exact) mass is 820 g/mol. The molecule has 0 radical (unpaired) electrons. The van der Waals surface area contributed by atoms with Crippen LogP contribution in [0.1, 0.15) is 112 Å². The summed E-state index contributed by atoms with van der Waals surface area (Å²) in [6.45, 7) is 18.7. The molecule has 0 unspecified atom stereocenters. The number of carbonyl (C=O) groups excluding carboxylic acids is 4. The minimum atomic E-state index is -2.51. The van der Waals surface area contributed by atoms with Gasteiger partial charge in [-0.2, -0.15) is 0 Å². The molecule has 3 fully saturated rings. The summed E-state index contributed by atoms with van der Waals surface area (Å²) in [6.07, 6.45) is 3.45. The fraction of sp³-hybridized carbons (Fsp3) is 0.778. The molecule has 330 valence electrons. The molecule has 2 aliphatic heterocycles. The van der Waals surface area contributed by atoms with Crippen molar-refractivity contribution < 1.29 is 58.2 Å². The molecule has 2 heterocycles. The van der Waals surface area contributed by atoms with Crippen LogP contribution in [0.25, 0.3) is 0 Å². The Balaban J connectivity index is 1.90. The second-order valence-electron chi connectivity index (χ2n) is 17.5. The Morgan fingerprint density at radius 2 is 1.66 bits per heavy atom. The van der Waals surface area contributed by atoms with Crippen molar-refractivity contribution in [3.05, 3.63) is 36.5 Å². The Bertz CT molecular complexity index is 1450. The van der Waals surface area contributed by atoms with Gasteiger partial charge in [-0.25, -0.2) is 4.79 Å². The maximum Gasteiger partial charge on any atom is 0.329 e. The predicted molar refractivity (Wildman–Crippen MR) is 219 cm³/mol. The molecular formula is C45H73NO12. The number of aliphatic hydroxyl groups is 3. The number of hydrogen-bond donors (Lipinski definition) is 3. The summed E-state index contributed by atoms with van der Waals surface area (Å²) < 4.78 is 29.5. The van der Waals surface area contributed by atoms with Crippen LogP contribution in [-0.2, 0) is 42.9 Å². The van der Waals surface area contributed by atoms with E-state index in [4.69, 9.17) is 23.7 Å². The van der Waals surface area contributed by atoms with Crippen LogP contribution in [-0.4, -0.2) is 126 Å². The molecule has 13 heteroatoms. The van der Waals surface area contributed by atoms with E-state index in [1.54, 1.807) is 40.9 Å². The zero-order valence-electron chi connectivity index (χ0n) is 36.5. The molecule has 0 aromatic rings. The highest BCUT2D eigenvalue weighted by molar-refractivity contribution is 6.39. The highest BCUT2D eigenvalue weighted by Gasteiger charge is 2.56. The average Bonchev–Trinajstić information content (AvgIpc) is 3.19. The summed E-state index contributed by atoms with van der Waals surface area (Å²) >= 11 is 0. The fourth-order valence-corrected chi connectivity index (χ4v) is 9.02. The lowest BCUT2D eigenvalue weighted by molar-refractivity contribution is -0.302. The Hall–Kier alpha value is -2.78. The SMILES string of the molecule is C=CC[C@H](C)C(=O)C[C@H](O)[C@@H](C)[C@H](OC(=O)[C@@H]1CCCCN1C(=O)C(=O)[C@]1(O)O[C@H]([C@H](C[C@@H](C)CC(=C)C)OC)[C@@H](OC)C[C@H]1C)/C(C)=C/[C@@H]1CC[C@@H](O)[C@H](OC)C1. The zero-order valence-corrected chi connectivity index (χ0v) is 36.5. The van der Waals surface area contributed by atoms with Crippen molar-refractivity contribution >= 4 is 23.4 Å². The van der Waals surface area contributed by atoms with E-state index in [1.807, 2.05) is 13.0 Å². The third-order valence-corrected chi connectivity index (χ3v) is 12.7. The first-order chi connectivity index (χ1) is 27.3. The summed E-state index contributed by atoms with van der Waals surface area (Å²) in [6, 6.07) is -1.15. The van der Waals surface area contributed by atoms with Crippen LogP contribution in [0, 0.1) is 29.6 Å². The Kier molecular flexibility index (Phi) is 19.4. The number of allylic oxidation sites excluding steroid dienone is 3. The molecule has 0 bridgehead atoms. The van der Waals surface area contributed by atoms with Crippen molar-refractivity contribution in [1.29, 1.82) is 0 Å². The summed E-state index contributed by atoms with van der Waals surface area (Å²) in [4.78, 5) is 56.9. The van der Waals surface area contributed by atoms with Crippen LogP contribution in [0.4, 0.5) is 0 Å². The minimum absolute atomic E-state index is 0.00898. The lowest BCUT2D eigenvalue weighted by Gasteiger charge is -2.47. The van der Waals surface area contributed by atoms with Gasteiger partial charge in [-0.3, -0.25) is 14.4 Å². The third kappa shape index (κ3) is 12.6. The molecule has 0 spiro atoms. The van der Waals surface area contributed by atoms with E-state index in [0.29, 0.717) is 50.5 Å². The molecule has 3 aliphatic rings. The number of rotatable bonds is 21. The summed E-state index contributed by atoms with van der Waals surface area (Å²) in [7, 11) is 4.61. The van der Waals surface area contributed by atoms with Crippen LogP contribution in [0.2, 0.25) is 0 Å². The molecule has 1 saturated carbocycles. The summed E-state index contributed by atoms with van der Waals surface area (Å²) in [5, 5.41) is 33.8.